The molecule has 0 heterocycles. The van der Waals surface area contributed by atoms with E-state index in [1.807, 2.05) is 24.3 Å². The van der Waals surface area contributed by atoms with Gasteiger partial charge in [0.2, 0.25) is 5.91 Å². The molecule has 0 aliphatic heterocycles. The number of ether oxygens (including phenoxy) is 1. The number of hydrogen-bond acceptors (Lipinski definition) is 3. The molecule has 5 nitrogen and oxygen atoms in total. The molecule has 0 saturated carbocycles. The molecule has 0 unspecified atom stereocenters. The van der Waals surface area contributed by atoms with Gasteiger partial charge in [0, 0.05) is 24.7 Å². The van der Waals surface area contributed by atoms with E-state index in [4.69, 9.17) is 4.74 Å². The van der Waals surface area contributed by atoms with Crippen LogP contribution in [0.1, 0.15) is 27.0 Å². The van der Waals surface area contributed by atoms with Gasteiger partial charge < -0.3 is 15.4 Å². The number of methoxy groups -OCH3 is 1. The topological polar surface area (TPSA) is 67.4 Å². The molecular weight excluding hydrogens is 414 g/mol. The minimum atomic E-state index is -0.641. The van der Waals surface area contributed by atoms with Crippen LogP contribution in [0.4, 0.5) is 8.78 Å². The first-order chi connectivity index (χ1) is 15.4. The molecule has 0 aliphatic rings. The lowest BCUT2D eigenvalue weighted by Gasteiger charge is -2.08. The summed E-state index contributed by atoms with van der Waals surface area (Å²) in [6.45, 7) is 0.604. The molecule has 3 rings (SSSR count). The van der Waals surface area contributed by atoms with Gasteiger partial charge in [-0.15, -0.1) is 0 Å². The molecule has 166 valence electrons. The van der Waals surface area contributed by atoms with Crippen LogP contribution in [0, 0.1) is 11.6 Å². The molecule has 0 aliphatic carbocycles. The van der Waals surface area contributed by atoms with E-state index < -0.39 is 11.6 Å². The van der Waals surface area contributed by atoms with E-state index in [2.05, 4.69) is 10.6 Å². The van der Waals surface area contributed by atoms with Crippen molar-refractivity contribution in [3.05, 3.63) is 101 Å². The Morgan fingerprint density at radius 3 is 2.06 bits per heavy atom. The predicted molar refractivity (Wildman–Crippen MR) is 117 cm³/mol. The third-order valence-corrected chi connectivity index (χ3v) is 4.85. The van der Waals surface area contributed by atoms with E-state index in [-0.39, 0.29) is 24.8 Å². The van der Waals surface area contributed by atoms with Crippen molar-refractivity contribution in [2.24, 2.45) is 0 Å². The fraction of sp³-hybridized carbons (Fsp3) is 0.200. The molecule has 2 N–H and O–H groups in total. The Labute approximate surface area is 185 Å². The summed E-state index contributed by atoms with van der Waals surface area (Å²) < 4.78 is 31.5. The van der Waals surface area contributed by atoms with Crippen molar-refractivity contribution in [1.29, 1.82) is 0 Å². The van der Waals surface area contributed by atoms with Crippen LogP contribution in [0.15, 0.2) is 66.7 Å². The molecule has 0 bridgehead atoms. The van der Waals surface area contributed by atoms with Crippen molar-refractivity contribution in [1.82, 2.24) is 10.6 Å². The standard InChI is InChI=1S/C25H24F2N2O3/c1-32-23-8-4-17(5-9-23)14-24(30)29-16-18-2-6-20(7-3-18)25(31)28-11-10-19-12-21(26)15-22(27)13-19/h2-9,12-13,15H,10-11,14,16H2,1H3,(H,28,31)(H,29,30). The summed E-state index contributed by atoms with van der Waals surface area (Å²) in [4.78, 5) is 24.4. The second-order valence-corrected chi connectivity index (χ2v) is 7.28. The second-order valence-electron chi connectivity index (χ2n) is 7.28. The van der Waals surface area contributed by atoms with Gasteiger partial charge in [0.05, 0.1) is 13.5 Å². The van der Waals surface area contributed by atoms with Crippen LogP contribution in [0.2, 0.25) is 0 Å². The largest absolute Gasteiger partial charge is 0.497 e. The summed E-state index contributed by atoms with van der Waals surface area (Å²) in [5.41, 5.74) is 2.68. The van der Waals surface area contributed by atoms with E-state index >= 15 is 0 Å². The quantitative estimate of drug-likeness (QED) is 0.534. The molecule has 0 radical (unpaired) electrons. The van der Waals surface area contributed by atoms with Crippen molar-refractivity contribution < 1.29 is 23.1 Å². The van der Waals surface area contributed by atoms with Crippen LogP contribution in [0.5, 0.6) is 5.75 Å². The first kappa shape index (κ1) is 22.9. The third kappa shape index (κ3) is 6.91. The number of benzene rings is 3. The van der Waals surface area contributed by atoms with E-state index in [0.717, 1.165) is 22.9 Å². The molecule has 3 aromatic carbocycles. The van der Waals surface area contributed by atoms with E-state index in [0.29, 0.717) is 24.1 Å². The average Bonchev–Trinajstić information content (AvgIpc) is 2.78. The Bertz CT molecular complexity index is 1050. The highest BCUT2D eigenvalue weighted by Gasteiger charge is 2.08. The number of hydrogen-bond donors (Lipinski definition) is 2. The maximum absolute atomic E-state index is 13.2. The zero-order valence-corrected chi connectivity index (χ0v) is 17.7. The number of carbonyl (C=O) groups is 2. The Hall–Kier alpha value is -3.74. The highest BCUT2D eigenvalue weighted by molar-refractivity contribution is 5.94. The molecule has 0 fully saturated rings. The molecule has 0 aromatic heterocycles. The zero-order chi connectivity index (χ0) is 22.9. The summed E-state index contributed by atoms with van der Waals surface area (Å²) in [6, 6.07) is 17.5. The lowest BCUT2D eigenvalue weighted by molar-refractivity contribution is -0.120. The van der Waals surface area contributed by atoms with Gasteiger partial charge in [-0.3, -0.25) is 9.59 Å². The molecule has 2 amide bonds. The molecule has 0 saturated heterocycles. The summed E-state index contributed by atoms with van der Waals surface area (Å²) in [6.07, 6.45) is 0.582. The van der Waals surface area contributed by atoms with E-state index in [9.17, 15) is 18.4 Å². The summed E-state index contributed by atoms with van der Waals surface area (Å²) >= 11 is 0. The first-order valence-corrected chi connectivity index (χ1v) is 10.1. The van der Waals surface area contributed by atoms with Crippen molar-refractivity contribution in [3.8, 4) is 5.75 Å². The van der Waals surface area contributed by atoms with Gasteiger partial charge in [0.15, 0.2) is 0 Å². The lowest BCUT2D eigenvalue weighted by atomic mass is 10.1. The Balaban J connectivity index is 1.43. The highest BCUT2D eigenvalue weighted by atomic mass is 19.1. The molecule has 3 aromatic rings. The van der Waals surface area contributed by atoms with Crippen molar-refractivity contribution >= 4 is 11.8 Å². The lowest BCUT2D eigenvalue weighted by Crippen LogP contribution is -2.26. The number of amides is 2. The van der Waals surface area contributed by atoms with Crippen molar-refractivity contribution in [3.63, 3.8) is 0 Å². The summed E-state index contributed by atoms with van der Waals surface area (Å²) in [5.74, 6) is -0.931. The van der Waals surface area contributed by atoms with Gasteiger partial charge in [-0.05, 0) is 59.5 Å². The smallest absolute Gasteiger partial charge is 0.251 e. The van der Waals surface area contributed by atoms with Crippen molar-refractivity contribution in [2.75, 3.05) is 13.7 Å². The van der Waals surface area contributed by atoms with Gasteiger partial charge in [-0.2, -0.15) is 0 Å². The molecule has 0 atom stereocenters. The molecule has 0 spiro atoms. The first-order valence-electron chi connectivity index (χ1n) is 10.1. The second kappa shape index (κ2) is 11.0. The number of nitrogens with one attached hydrogen (secondary N) is 2. The molecular formula is C25H24F2N2O3. The van der Waals surface area contributed by atoms with E-state index in [1.54, 1.807) is 31.4 Å². The van der Waals surface area contributed by atoms with Gasteiger partial charge in [0.25, 0.3) is 5.91 Å². The number of carbonyl (C=O) groups excluding carboxylic acids is 2. The number of rotatable bonds is 9. The van der Waals surface area contributed by atoms with Crippen LogP contribution in [0.25, 0.3) is 0 Å². The van der Waals surface area contributed by atoms with Crippen LogP contribution in [-0.4, -0.2) is 25.5 Å². The molecule has 32 heavy (non-hydrogen) atoms. The van der Waals surface area contributed by atoms with Crippen LogP contribution >= 0.6 is 0 Å². The molecule has 7 heteroatoms. The van der Waals surface area contributed by atoms with Gasteiger partial charge >= 0.3 is 0 Å². The van der Waals surface area contributed by atoms with Crippen molar-refractivity contribution in [2.45, 2.75) is 19.4 Å². The Morgan fingerprint density at radius 1 is 0.812 bits per heavy atom. The normalized spacial score (nSPS) is 10.5. The number of halogens is 2. The van der Waals surface area contributed by atoms with Gasteiger partial charge in [-0.25, -0.2) is 8.78 Å². The van der Waals surface area contributed by atoms with E-state index in [1.165, 1.54) is 12.1 Å². The van der Waals surface area contributed by atoms with Crippen LogP contribution in [-0.2, 0) is 24.2 Å². The van der Waals surface area contributed by atoms with Gasteiger partial charge in [-0.1, -0.05) is 24.3 Å². The highest BCUT2D eigenvalue weighted by Crippen LogP contribution is 2.12. The monoisotopic (exact) mass is 438 g/mol. The minimum Gasteiger partial charge on any atom is -0.497 e. The van der Waals surface area contributed by atoms with Gasteiger partial charge in [0.1, 0.15) is 17.4 Å². The maximum Gasteiger partial charge on any atom is 0.251 e. The Kier molecular flexibility index (Phi) is 7.91. The fourth-order valence-corrected chi connectivity index (χ4v) is 3.14. The maximum atomic E-state index is 13.2. The average molecular weight is 438 g/mol. The van der Waals surface area contributed by atoms with Crippen LogP contribution in [0.3, 0.4) is 0 Å². The SMILES string of the molecule is COc1ccc(CC(=O)NCc2ccc(C(=O)NCCc3cc(F)cc(F)c3)cc2)cc1. The minimum absolute atomic E-state index is 0.106. The summed E-state index contributed by atoms with van der Waals surface area (Å²) in [5, 5.41) is 5.58. The predicted octanol–water partition coefficient (Wildman–Crippen LogP) is 3.80. The van der Waals surface area contributed by atoms with Crippen LogP contribution < -0.4 is 15.4 Å². The summed E-state index contributed by atoms with van der Waals surface area (Å²) in [7, 11) is 1.59. The fourth-order valence-electron chi connectivity index (χ4n) is 3.14. The zero-order valence-electron chi connectivity index (χ0n) is 17.7. The Morgan fingerprint density at radius 2 is 1.44 bits per heavy atom. The third-order valence-electron chi connectivity index (χ3n) is 4.85.